The summed E-state index contributed by atoms with van der Waals surface area (Å²) in [4.78, 5) is 0. The first-order valence-corrected chi connectivity index (χ1v) is 5.84. The van der Waals surface area contributed by atoms with Gasteiger partial charge in [0, 0.05) is 11.6 Å². The number of benzene rings is 1. The maximum absolute atomic E-state index is 13.2. The van der Waals surface area contributed by atoms with Gasteiger partial charge in [0.05, 0.1) is 11.1 Å². The van der Waals surface area contributed by atoms with Crippen LogP contribution in [0.15, 0.2) is 12.1 Å². The van der Waals surface area contributed by atoms with E-state index in [9.17, 15) is 4.39 Å². The molecule has 0 radical (unpaired) electrons. The first-order valence-electron chi connectivity index (χ1n) is 5.46. The zero-order chi connectivity index (χ0) is 11.7. The number of ether oxygens (including phenoxy) is 1. The third-order valence-corrected chi connectivity index (χ3v) is 2.72. The molecule has 1 aromatic carbocycles. The molecule has 0 spiro atoms. The minimum absolute atomic E-state index is 0.0422. The first-order chi connectivity index (χ1) is 7.56. The lowest BCUT2D eigenvalue weighted by molar-refractivity contribution is 0.299. The molecule has 2 rings (SSSR count). The first kappa shape index (κ1) is 11.7. The maximum atomic E-state index is 13.2. The average molecular weight is 244 g/mol. The summed E-state index contributed by atoms with van der Waals surface area (Å²) in [5.41, 5.74) is 6.48. The van der Waals surface area contributed by atoms with Crippen LogP contribution in [0, 0.1) is 5.82 Å². The van der Waals surface area contributed by atoms with Crippen molar-refractivity contribution in [3.05, 3.63) is 28.5 Å². The van der Waals surface area contributed by atoms with Crippen LogP contribution in [0.1, 0.15) is 25.3 Å². The second-order valence-electron chi connectivity index (χ2n) is 4.37. The number of halogens is 2. The molecule has 4 heteroatoms. The number of nitrogens with two attached hydrogens (primary N) is 1. The van der Waals surface area contributed by atoms with Crippen LogP contribution in [0.4, 0.5) is 4.39 Å². The van der Waals surface area contributed by atoms with Gasteiger partial charge in [-0.25, -0.2) is 4.39 Å². The summed E-state index contributed by atoms with van der Waals surface area (Å²) in [7, 11) is 0. The van der Waals surface area contributed by atoms with Gasteiger partial charge in [0.1, 0.15) is 11.6 Å². The van der Waals surface area contributed by atoms with E-state index < -0.39 is 0 Å². The molecule has 0 heterocycles. The zero-order valence-electron chi connectivity index (χ0n) is 9.17. The Hall–Kier alpha value is -0.800. The van der Waals surface area contributed by atoms with Gasteiger partial charge in [0.25, 0.3) is 0 Å². The van der Waals surface area contributed by atoms with E-state index in [-0.39, 0.29) is 18.0 Å². The molecule has 1 saturated carbocycles. The third kappa shape index (κ3) is 2.86. The molecule has 1 aliphatic rings. The summed E-state index contributed by atoms with van der Waals surface area (Å²) in [6.07, 6.45) is 2.91. The van der Waals surface area contributed by atoms with E-state index >= 15 is 0 Å². The molecular formula is C12H15ClFNO. The molecule has 1 aliphatic carbocycles. The van der Waals surface area contributed by atoms with Crippen molar-refractivity contribution in [2.24, 2.45) is 5.73 Å². The number of hydrogen-bond acceptors (Lipinski definition) is 2. The molecule has 2 nitrogen and oxygen atoms in total. The molecular weight excluding hydrogens is 229 g/mol. The molecule has 2 N–H and O–H groups in total. The molecule has 1 fully saturated rings. The standard InChI is InChI=1S/C12H15ClFNO/c1-7(15)4-8-5-9(14)6-11(13)12(8)16-10-2-3-10/h5-7,10H,2-4,15H2,1H3. The molecule has 16 heavy (non-hydrogen) atoms. The molecule has 0 aromatic heterocycles. The second-order valence-corrected chi connectivity index (χ2v) is 4.78. The van der Waals surface area contributed by atoms with E-state index in [1.54, 1.807) is 0 Å². The minimum Gasteiger partial charge on any atom is -0.489 e. The van der Waals surface area contributed by atoms with Gasteiger partial charge in [-0.05, 0) is 38.3 Å². The highest BCUT2D eigenvalue weighted by atomic mass is 35.5. The lowest BCUT2D eigenvalue weighted by Crippen LogP contribution is -2.18. The van der Waals surface area contributed by atoms with E-state index in [1.807, 2.05) is 6.92 Å². The molecule has 0 saturated heterocycles. The Morgan fingerprint density at radius 1 is 1.56 bits per heavy atom. The van der Waals surface area contributed by atoms with Crippen molar-refractivity contribution in [1.29, 1.82) is 0 Å². The lowest BCUT2D eigenvalue weighted by atomic mass is 10.1. The van der Waals surface area contributed by atoms with Crippen LogP contribution in [0.5, 0.6) is 5.75 Å². The van der Waals surface area contributed by atoms with Gasteiger partial charge in [0.2, 0.25) is 0 Å². The van der Waals surface area contributed by atoms with Gasteiger partial charge >= 0.3 is 0 Å². The van der Waals surface area contributed by atoms with Crippen molar-refractivity contribution >= 4 is 11.6 Å². The molecule has 1 unspecified atom stereocenters. The fourth-order valence-electron chi connectivity index (χ4n) is 1.60. The number of rotatable bonds is 4. The third-order valence-electron chi connectivity index (χ3n) is 2.44. The fourth-order valence-corrected chi connectivity index (χ4v) is 1.87. The van der Waals surface area contributed by atoms with Crippen molar-refractivity contribution in [3.8, 4) is 5.75 Å². The van der Waals surface area contributed by atoms with E-state index in [2.05, 4.69) is 0 Å². The van der Waals surface area contributed by atoms with Crippen LogP contribution < -0.4 is 10.5 Å². The van der Waals surface area contributed by atoms with Gasteiger partial charge < -0.3 is 10.5 Å². The fraction of sp³-hybridized carbons (Fsp3) is 0.500. The Morgan fingerprint density at radius 3 is 2.81 bits per heavy atom. The van der Waals surface area contributed by atoms with Crippen molar-refractivity contribution in [2.45, 2.75) is 38.3 Å². The predicted octanol–water partition coefficient (Wildman–Crippen LogP) is 2.91. The van der Waals surface area contributed by atoms with Crippen LogP contribution in [-0.2, 0) is 6.42 Å². The number of hydrogen-bond donors (Lipinski definition) is 1. The summed E-state index contributed by atoms with van der Waals surface area (Å²) in [6, 6.07) is 2.69. The second kappa shape index (κ2) is 4.60. The maximum Gasteiger partial charge on any atom is 0.141 e. The smallest absolute Gasteiger partial charge is 0.141 e. The van der Waals surface area contributed by atoms with Crippen molar-refractivity contribution < 1.29 is 9.13 Å². The zero-order valence-corrected chi connectivity index (χ0v) is 9.93. The Labute approximate surface area is 99.5 Å². The van der Waals surface area contributed by atoms with Gasteiger partial charge in [-0.15, -0.1) is 0 Å². The monoisotopic (exact) mass is 243 g/mol. The Kier molecular flexibility index (Phi) is 3.36. The van der Waals surface area contributed by atoms with Gasteiger partial charge in [0.15, 0.2) is 0 Å². The minimum atomic E-state index is -0.344. The quantitative estimate of drug-likeness (QED) is 0.883. The van der Waals surface area contributed by atoms with Gasteiger partial charge in [-0.3, -0.25) is 0 Å². The van der Waals surface area contributed by atoms with Crippen molar-refractivity contribution in [2.75, 3.05) is 0 Å². The molecule has 88 valence electrons. The summed E-state index contributed by atoms with van der Waals surface area (Å²) in [5, 5.41) is 0.336. The Morgan fingerprint density at radius 2 is 2.25 bits per heavy atom. The van der Waals surface area contributed by atoms with E-state index in [4.69, 9.17) is 22.1 Å². The average Bonchev–Trinajstić information content (AvgIpc) is 2.93. The van der Waals surface area contributed by atoms with E-state index in [1.165, 1.54) is 12.1 Å². The summed E-state index contributed by atoms with van der Waals surface area (Å²) >= 11 is 5.98. The van der Waals surface area contributed by atoms with Crippen molar-refractivity contribution in [3.63, 3.8) is 0 Å². The van der Waals surface area contributed by atoms with Crippen LogP contribution in [0.25, 0.3) is 0 Å². The highest BCUT2D eigenvalue weighted by Gasteiger charge is 2.26. The summed E-state index contributed by atoms with van der Waals surface area (Å²) < 4.78 is 18.9. The molecule has 1 atom stereocenters. The predicted molar refractivity (Wildman–Crippen MR) is 62.4 cm³/mol. The summed E-state index contributed by atoms with van der Waals surface area (Å²) in [5.74, 6) is 0.256. The van der Waals surface area contributed by atoms with Crippen LogP contribution in [0.3, 0.4) is 0 Å². The molecule has 0 bridgehead atoms. The molecule has 0 amide bonds. The topological polar surface area (TPSA) is 35.2 Å². The SMILES string of the molecule is CC(N)Cc1cc(F)cc(Cl)c1OC1CC1. The summed E-state index contributed by atoms with van der Waals surface area (Å²) in [6.45, 7) is 1.87. The van der Waals surface area contributed by atoms with Crippen LogP contribution >= 0.6 is 11.6 Å². The highest BCUT2D eigenvalue weighted by molar-refractivity contribution is 6.32. The molecule has 0 aliphatic heterocycles. The van der Waals surface area contributed by atoms with Crippen LogP contribution in [-0.4, -0.2) is 12.1 Å². The van der Waals surface area contributed by atoms with E-state index in [0.29, 0.717) is 17.2 Å². The Bertz CT molecular complexity index is 391. The molecule has 1 aromatic rings. The highest BCUT2D eigenvalue weighted by Crippen LogP contribution is 2.35. The van der Waals surface area contributed by atoms with Crippen LogP contribution in [0.2, 0.25) is 5.02 Å². The van der Waals surface area contributed by atoms with E-state index in [0.717, 1.165) is 18.4 Å². The van der Waals surface area contributed by atoms with Crippen molar-refractivity contribution in [1.82, 2.24) is 0 Å². The van der Waals surface area contributed by atoms with Gasteiger partial charge in [-0.2, -0.15) is 0 Å². The lowest BCUT2D eigenvalue weighted by Gasteiger charge is -2.14. The normalized spacial score (nSPS) is 17.2. The Balaban J connectivity index is 2.29. The van der Waals surface area contributed by atoms with Gasteiger partial charge in [-0.1, -0.05) is 11.6 Å². The largest absolute Gasteiger partial charge is 0.489 e.